The smallest absolute Gasteiger partial charge is 0.325 e. The second kappa shape index (κ2) is 14.5. The Morgan fingerprint density at radius 1 is 1.07 bits per heavy atom. The Kier molecular flexibility index (Phi) is 11.1. The number of imide groups is 1. The fourth-order valence-electron chi connectivity index (χ4n) is 4.09. The first-order valence-corrected chi connectivity index (χ1v) is 13.4. The Balaban J connectivity index is 0.00000216. The fraction of sp³-hybridized carbons (Fsp3) is 0.300. The summed E-state index contributed by atoms with van der Waals surface area (Å²) in [4.78, 5) is 41.0. The average molecular weight is 568 g/mol. The van der Waals surface area contributed by atoms with Crippen LogP contribution in [0.2, 0.25) is 5.02 Å². The van der Waals surface area contributed by atoms with Gasteiger partial charge in [0.05, 0.1) is 17.3 Å². The highest BCUT2D eigenvalue weighted by Gasteiger charge is 2.45. The molecule has 1 aliphatic heterocycles. The molecule has 1 fully saturated rings. The standard InChI is InChI=1S/C28H28ClN3O6.C2H6/c1-17-7-12-23(22(29)13-17)30-26(35)24(14-18-5-3-2-4-6-18)32-27(36)25(31-28(32)37)19-8-10-21(11-9-19)38-16-20(34)15-33;1-2/h2-13,20,24-25,33-34H,14-16H2,1H3,(H,30,35)(H,31,37);1-2H3/t20?,24?,25-;/m1./s1. The van der Waals surface area contributed by atoms with E-state index in [2.05, 4.69) is 10.6 Å². The van der Waals surface area contributed by atoms with Crippen LogP contribution in [0.3, 0.4) is 0 Å². The van der Waals surface area contributed by atoms with Crippen molar-refractivity contribution in [1.82, 2.24) is 10.2 Å². The van der Waals surface area contributed by atoms with Gasteiger partial charge >= 0.3 is 6.03 Å². The quantitative estimate of drug-likeness (QED) is 0.271. The monoisotopic (exact) mass is 567 g/mol. The van der Waals surface area contributed by atoms with Crippen molar-refractivity contribution in [3.8, 4) is 5.75 Å². The predicted octanol–water partition coefficient (Wildman–Crippen LogP) is 4.25. The normalized spacial score (nSPS) is 15.9. The molecule has 40 heavy (non-hydrogen) atoms. The lowest BCUT2D eigenvalue weighted by Gasteiger charge is -2.25. The summed E-state index contributed by atoms with van der Waals surface area (Å²) < 4.78 is 5.40. The van der Waals surface area contributed by atoms with Crippen LogP contribution in [0.1, 0.15) is 36.6 Å². The van der Waals surface area contributed by atoms with Gasteiger partial charge in [0, 0.05) is 6.42 Å². The number of anilines is 1. The highest BCUT2D eigenvalue weighted by Crippen LogP contribution is 2.28. The van der Waals surface area contributed by atoms with Crippen molar-refractivity contribution in [3.05, 3.63) is 94.5 Å². The van der Waals surface area contributed by atoms with Crippen LogP contribution >= 0.6 is 11.6 Å². The second-order valence-electron chi connectivity index (χ2n) is 8.99. The largest absolute Gasteiger partial charge is 0.491 e. The number of carbonyl (C=O) groups is 3. The minimum absolute atomic E-state index is 0.0933. The zero-order chi connectivity index (χ0) is 29.2. The van der Waals surface area contributed by atoms with E-state index in [9.17, 15) is 19.5 Å². The molecule has 4 N–H and O–H groups in total. The molecule has 1 saturated heterocycles. The predicted molar refractivity (Wildman–Crippen MR) is 153 cm³/mol. The number of hydrogen-bond acceptors (Lipinski definition) is 6. The molecule has 3 aromatic carbocycles. The molecule has 4 rings (SSSR count). The maximum Gasteiger partial charge on any atom is 0.325 e. The van der Waals surface area contributed by atoms with Crippen molar-refractivity contribution in [2.75, 3.05) is 18.5 Å². The summed E-state index contributed by atoms with van der Waals surface area (Å²) in [5.74, 6) is -0.688. The van der Waals surface area contributed by atoms with E-state index in [1.54, 1.807) is 42.5 Å². The molecule has 0 spiro atoms. The molecule has 9 nitrogen and oxygen atoms in total. The van der Waals surface area contributed by atoms with Crippen molar-refractivity contribution in [3.63, 3.8) is 0 Å². The molecule has 2 unspecified atom stereocenters. The average Bonchev–Trinajstić information content (AvgIpc) is 3.26. The topological polar surface area (TPSA) is 128 Å². The van der Waals surface area contributed by atoms with Gasteiger partial charge in [-0.25, -0.2) is 9.69 Å². The van der Waals surface area contributed by atoms with Gasteiger partial charge in [-0.15, -0.1) is 0 Å². The van der Waals surface area contributed by atoms with Gasteiger partial charge in [0.25, 0.3) is 5.91 Å². The van der Waals surface area contributed by atoms with Gasteiger partial charge in [0.15, 0.2) is 0 Å². The first-order valence-electron chi connectivity index (χ1n) is 13.0. The minimum atomic E-state index is -1.13. The number of nitrogens with zero attached hydrogens (tertiary/aromatic N) is 1. The summed E-state index contributed by atoms with van der Waals surface area (Å²) in [6.45, 7) is 5.36. The van der Waals surface area contributed by atoms with Crippen molar-refractivity contribution in [2.45, 2.75) is 45.4 Å². The second-order valence-corrected chi connectivity index (χ2v) is 9.39. The number of ether oxygens (including phenoxy) is 1. The SMILES string of the molecule is CC.Cc1ccc(NC(=O)C(Cc2ccccc2)N2C(=O)N[C@H](c3ccc(OCC(O)CO)cc3)C2=O)c(Cl)c1. The van der Waals surface area contributed by atoms with Crippen LogP contribution < -0.4 is 15.4 Å². The van der Waals surface area contributed by atoms with Gasteiger partial charge in [-0.1, -0.05) is 74.0 Å². The van der Waals surface area contributed by atoms with E-state index in [1.807, 2.05) is 51.1 Å². The van der Waals surface area contributed by atoms with Gasteiger partial charge < -0.3 is 25.6 Å². The van der Waals surface area contributed by atoms with E-state index >= 15 is 0 Å². The van der Waals surface area contributed by atoms with Crippen LogP contribution in [0.5, 0.6) is 5.75 Å². The number of nitrogens with one attached hydrogen (secondary N) is 2. The Morgan fingerprint density at radius 2 is 1.75 bits per heavy atom. The zero-order valence-electron chi connectivity index (χ0n) is 22.6. The molecule has 4 amide bonds. The number of aliphatic hydroxyl groups excluding tert-OH is 2. The van der Waals surface area contributed by atoms with E-state index in [-0.39, 0.29) is 13.0 Å². The molecule has 212 valence electrons. The molecule has 3 atom stereocenters. The van der Waals surface area contributed by atoms with Crippen molar-refractivity contribution in [1.29, 1.82) is 0 Å². The van der Waals surface area contributed by atoms with Crippen LogP contribution in [0.15, 0.2) is 72.8 Å². The van der Waals surface area contributed by atoms with Crippen LogP contribution in [0.25, 0.3) is 0 Å². The number of hydrogen-bond donors (Lipinski definition) is 4. The van der Waals surface area contributed by atoms with Crippen molar-refractivity contribution in [2.24, 2.45) is 0 Å². The van der Waals surface area contributed by atoms with Crippen molar-refractivity contribution >= 4 is 35.1 Å². The third-order valence-corrected chi connectivity index (χ3v) is 6.42. The van der Waals surface area contributed by atoms with Gasteiger partial charge in [0.2, 0.25) is 5.91 Å². The molecule has 0 aromatic heterocycles. The van der Waals surface area contributed by atoms with Crippen molar-refractivity contribution < 1.29 is 29.3 Å². The van der Waals surface area contributed by atoms with E-state index in [4.69, 9.17) is 21.4 Å². The number of aryl methyl sites for hydroxylation is 1. The summed E-state index contributed by atoms with van der Waals surface area (Å²) in [7, 11) is 0. The van der Waals surface area contributed by atoms with Crippen LogP contribution in [0.4, 0.5) is 10.5 Å². The summed E-state index contributed by atoms with van der Waals surface area (Å²) >= 11 is 6.31. The van der Waals surface area contributed by atoms with Crippen LogP contribution in [-0.4, -0.2) is 58.3 Å². The fourth-order valence-corrected chi connectivity index (χ4v) is 4.38. The molecule has 0 saturated carbocycles. The lowest BCUT2D eigenvalue weighted by molar-refractivity contribution is -0.134. The van der Waals surface area contributed by atoms with Gasteiger partial charge in [-0.05, 0) is 47.9 Å². The van der Waals surface area contributed by atoms with Gasteiger partial charge in [-0.3, -0.25) is 9.59 Å². The Hall–Kier alpha value is -3.92. The lowest BCUT2D eigenvalue weighted by Crippen LogP contribution is -2.49. The van der Waals surface area contributed by atoms with Crippen LogP contribution in [-0.2, 0) is 16.0 Å². The molecule has 0 aliphatic carbocycles. The lowest BCUT2D eigenvalue weighted by atomic mass is 10.0. The molecule has 1 aliphatic rings. The molecular formula is C30H34ClN3O6. The summed E-state index contributed by atoms with van der Waals surface area (Å²) in [5, 5.41) is 24.1. The molecule has 10 heteroatoms. The third kappa shape index (κ3) is 7.59. The molecule has 0 bridgehead atoms. The summed E-state index contributed by atoms with van der Waals surface area (Å²) in [5.41, 5.74) is 2.58. The summed E-state index contributed by atoms with van der Waals surface area (Å²) in [6.07, 6.45) is -0.899. The van der Waals surface area contributed by atoms with E-state index in [1.165, 1.54) is 0 Å². The molecular weight excluding hydrogens is 534 g/mol. The number of benzene rings is 3. The van der Waals surface area contributed by atoms with Gasteiger partial charge in [-0.2, -0.15) is 0 Å². The van der Waals surface area contributed by atoms with Gasteiger partial charge in [0.1, 0.15) is 30.5 Å². The zero-order valence-corrected chi connectivity index (χ0v) is 23.4. The number of aliphatic hydroxyl groups is 2. The first kappa shape index (κ1) is 30.6. The number of halogens is 1. The maximum atomic E-state index is 13.5. The third-order valence-electron chi connectivity index (χ3n) is 6.11. The number of carbonyl (C=O) groups excluding carboxylic acids is 3. The van der Waals surface area contributed by atoms with E-state index in [0.29, 0.717) is 22.0 Å². The highest BCUT2D eigenvalue weighted by molar-refractivity contribution is 6.33. The Morgan fingerprint density at radius 3 is 2.38 bits per heavy atom. The van der Waals surface area contributed by atoms with E-state index < -0.39 is 42.6 Å². The van der Waals surface area contributed by atoms with E-state index in [0.717, 1.165) is 16.0 Å². The molecule has 0 radical (unpaired) electrons. The number of rotatable bonds is 10. The summed E-state index contributed by atoms with van der Waals surface area (Å²) in [6, 6.07) is 17.9. The maximum absolute atomic E-state index is 13.5. The highest BCUT2D eigenvalue weighted by atomic mass is 35.5. The Labute approximate surface area is 238 Å². The minimum Gasteiger partial charge on any atom is -0.491 e. The Bertz CT molecular complexity index is 1300. The number of amides is 4. The van der Waals surface area contributed by atoms with Crippen LogP contribution in [0, 0.1) is 6.92 Å². The number of urea groups is 1. The first-order chi connectivity index (χ1) is 19.3. The molecule has 3 aromatic rings. The molecule has 1 heterocycles.